The van der Waals surface area contributed by atoms with Crippen molar-refractivity contribution in [2.24, 2.45) is 0 Å². The van der Waals surface area contributed by atoms with Crippen LogP contribution in [-0.2, 0) is 6.18 Å². The van der Waals surface area contributed by atoms with Gasteiger partial charge in [-0.05, 0) is 25.1 Å². The Morgan fingerprint density at radius 1 is 1.00 bits per heavy atom. The number of rotatable bonds is 3. The second-order valence-electron chi connectivity index (χ2n) is 5.21. The average molecular weight is 364 g/mol. The Morgan fingerprint density at radius 3 is 2.28 bits per heavy atom. The van der Waals surface area contributed by atoms with Gasteiger partial charge in [0.05, 0.1) is 10.6 Å². The number of allylic oxidation sites excluding steroid dienone is 1. The highest BCUT2D eigenvalue weighted by atomic mass is 35.5. The van der Waals surface area contributed by atoms with Crippen molar-refractivity contribution in [3.8, 4) is 22.8 Å². The smallest absolute Gasteiger partial charge is 0.220 e. The van der Waals surface area contributed by atoms with Crippen molar-refractivity contribution in [1.29, 1.82) is 0 Å². The topological polar surface area (TPSA) is 30.7 Å². The average Bonchev–Trinajstić information content (AvgIpc) is 2.98. The van der Waals surface area contributed by atoms with E-state index in [0.29, 0.717) is 10.6 Å². The molecule has 1 aromatic heterocycles. The molecule has 0 radical (unpaired) electrons. The fourth-order valence-corrected chi connectivity index (χ4v) is 2.65. The Kier molecular flexibility index (Phi) is 4.63. The van der Waals surface area contributed by atoms with Crippen molar-refractivity contribution < 1.29 is 13.2 Å². The van der Waals surface area contributed by atoms with Crippen LogP contribution in [0.4, 0.5) is 13.2 Å². The van der Waals surface area contributed by atoms with Gasteiger partial charge in [-0.2, -0.15) is 13.2 Å². The highest BCUT2D eigenvalue weighted by Crippen LogP contribution is 2.37. The summed E-state index contributed by atoms with van der Waals surface area (Å²) >= 11 is 6.16. The molecule has 128 valence electrons. The zero-order valence-corrected chi connectivity index (χ0v) is 13.9. The summed E-state index contributed by atoms with van der Waals surface area (Å²) in [5, 5.41) is 4.72. The molecule has 0 bridgehead atoms. The zero-order valence-electron chi connectivity index (χ0n) is 13.1. The van der Waals surface area contributed by atoms with Gasteiger partial charge < -0.3 is 0 Å². The number of hydrogen-bond donors (Lipinski definition) is 0. The summed E-state index contributed by atoms with van der Waals surface area (Å²) in [4.78, 5) is 4.32. The van der Waals surface area contributed by atoms with E-state index >= 15 is 0 Å². The third-order valence-electron chi connectivity index (χ3n) is 3.51. The molecule has 0 aliphatic heterocycles. The summed E-state index contributed by atoms with van der Waals surface area (Å²) in [6, 6.07) is 12.2. The molecule has 0 amide bonds. The first-order valence-electron chi connectivity index (χ1n) is 7.42. The monoisotopic (exact) mass is 363 g/mol. The third-order valence-corrected chi connectivity index (χ3v) is 3.84. The fourth-order valence-electron chi connectivity index (χ4n) is 2.43. The highest BCUT2D eigenvalue weighted by Gasteiger charge is 2.34. The minimum Gasteiger partial charge on any atom is -0.220 e. The Labute approximate surface area is 147 Å². The van der Waals surface area contributed by atoms with E-state index in [-0.39, 0.29) is 17.2 Å². The zero-order chi connectivity index (χ0) is 18.0. The van der Waals surface area contributed by atoms with E-state index in [4.69, 9.17) is 11.6 Å². The first-order valence-corrected chi connectivity index (χ1v) is 7.80. The van der Waals surface area contributed by atoms with Crippen LogP contribution in [-0.4, -0.2) is 14.8 Å². The molecule has 0 aliphatic carbocycles. The maximum absolute atomic E-state index is 13.3. The second-order valence-corrected chi connectivity index (χ2v) is 5.62. The summed E-state index contributed by atoms with van der Waals surface area (Å²) in [7, 11) is 0. The molecule has 0 spiro atoms. The first-order chi connectivity index (χ1) is 11.9. The summed E-state index contributed by atoms with van der Waals surface area (Å²) < 4.78 is 41.4. The fraction of sp³-hybridized carbons (Fsp3) is 0.111. The van der Waals surface area contributed by atoms with E-state index in [1.165, 1.54) is 22.9 Å². The van der Waals surface area contributed by atoms with Gasteiger partial charge in [-0.15, -0.1) is 5.10 Å². The SMILES string of the molecule is C/C=C\n1nc(-c2ccccc2Cl)nc1-c1ccccc1C(F)(F)F. The number of aromatic nitrogens is 3. The molecule has 0 atom stereocenters. The van der Waals surface area contributed by atoms with Crippen LogP contribution in [0.3, 0.4) is 0 Å². The van der Waals surface area contributed by atoms with Crippen molar-refractivity contribution in [1.82, 2.24) is 14.8 Å². The van der Waals surface area contributed by atoms with Gasteiger partial charge in [-0.25, -0.2) is 9.67 Å². The molecule has 0 aliphatic rings. The van der Waals surface area contributed by atoms with Crippen LogP contribution in [0.15, 0.2) is 54.6 Å². The summed E-state index contributed by atoms with van der Waals surface area (Å²) in [5.41, 5.74) is -0.254. The largest absolute Gasteiger partial charge is 0.417 e. The van der Waals surface area contributed by atoms with Gasteiger partial charge in [0.15, 0.2) is 11.6 Å². The number of alkyl halides is 3. The Balaban J connectivity index is 2.23. The lowest BCUT2D eigenvalue weighted by Gasteiger charge is -2.11. The van der Waals surface area contributed by atoms with Crippen LogP contribution in [0.5, 0.6) is 0 Å². The standard InChI is InChI=1S/C18H13ClF3N3/c1-2-11-25-17(12-7-3-5-9-14(12)18(20,21)22)23-16(24-25)13-8-4-6-10-15(13)19/h2-11H,1H3/b11-2-. The molecule has 0 unspecified atom stereocenters. The maximum atomic E-state index is 13.3. The van der Waals surface area contributed by atoms with Crippen LogP contribution in [0.2, 0.25) is 5.02 Å². The van der Waals surface area contributed by atoms with Gasteiger partial charge in [0, 0.05) is 17.3 Å². The van der Waals surface area contributed by atoms with Crippen LogP contribution in [0.25, 0.3) is 29.0 Å². The van der Waals surface area contributed by atoms with E-state index in [9.17, 15) is 13.2 Å². The van der Waals surface area contributed by atoms with E-state index < -0.39 is 11.7 Å². The molecule has 0 saturated heterocycles. The molecule has 0 N–H and O–H groups in total. The summed E-state index contributed by atoms with van der Waals surface area (Å²) in [6.07, 6.45) is -1.27. The van der Waals surface area contributed by atoms with Gasteiger partial charge in [-0.1, -0.05) is 48.0 Å². The minimum absolute atomic E-state index is 0.0427. The van der Waals surface area contributed by atoms with Crippen molar-refractivity contribution >= 4 is 17.8 Å². The number of benzene rings is 2. The summed E-state index contributed by atoms with van der Waals surface area (Å²) in [6.45, 7) is 1.75. The third kappa shape index (κ3) is 3.44. The van der Waals surface area contributed by atoms with Gasteiger partial charge in [-0.3, -0.25) is 0 Å². The number of nitrogens with zero attached hydrogens (tertiary/aromatic N) is 3. The first kappa shape index (κ1) is 17.2. The maximum Gasteiger partial charge on any atom is 0.417 e. The van der Waals surface area contributed by atoms with Gasteiger partial charge >= 0.3 is 6.18 Å². The Morgan fingerprint density at radius 2 is 1.64 bits per heavy atom. The second kappa shape index (κ2) is 6.72. The van der Waals surface area contributed by atoms with E-state index in [1.807, 2.05) is 0 Å². The van der Waals surface area contributed by atoms with Crippen LogP contribution in [0, 0.1) is 0 Å². The van der Waals surface area contributed by atoms with Crippen molar-refractivity contribution in [2.45, 2.75) is 13.1 Å². The van der Waals surface area contributed by atoms with Crippen LogP contribution >= 0.6 is 11.6 Å². The quantitative estimate of drug-likeness (QED) is 0.591. The Bertz CT molecular complexity index is 929. The molecule has 0 saturated carbocycles. The summed E-state index contributed by atoms with van der Waals surface area (Å²) in [5.74, 6) is 0.358. The van der Waals surface area contributed by atoms with Crippen LogP contribution in [0.1, 0.15) is 12.5 Å². The van der Waals surface area contributed by atoms with Gasteiger partial charge in [0.1, 0.15) is 0 Å². The minimum atomic E-state index is -4.49. The molecule has 1 heterocycles. The lowest BCUT2D eigenvalue weighted by molar-refractivity contribution is -0.137. The normalized spacial score (nSPS) is 12.0. The van der Waals surface area contributed by atoms with Crippen molar-refractivity contribution in [3.05, 3.63) is 65.2 Å². The molecule has 25 heavy (non-hydrogen) atoms. The van der Waals surface area contributed by atoms with E-state index in [1.54, 1.807) is 43.5 Å². The molecular formula is C18H13ClF3N3. The van der Waals surface area contributed by atoms with Gasteiger partial charge in [0.2, 0.25) is 0 Å². The predicted octanol–water partition coefficient (Wildman–Crippen LogP) is 5.77. The van der Waals surface area contributed by atoms with Crippen LogP contribution < -0.4 is 0 Å². The molecular weight excluding hydrogens is 351 g/mol. The number of halogens is 4. The number of hydrogen-bond acceptors (Lipinski definition) is 2. The van der Waals surface area contributed by atoms with E-state index in [2.05, 4.69) is 10.1 Å². The molecule has 3 nitrogen and oxygen atoms in total. The van der Waals surface area contributed by atoms with Crippen molar-refractivity contribution in [3.63, 3.8) is 0 Å². The molecule has 3 aromatic rings. The Hall–Kier alpha value is -2.60. The van der Waals surface area contributed by atoms with E-state index in [0.717, 1.165) is 6.07 Å². The molecule has 0 fully saturated rings. The molecule has 3 rings (SSSR count). The lowest BCUT2D eigenvalue weighted by atomic mass is 10.1. The highest BCUT2D eigenvalue weighted by molar-refractivity contribution is 6.33. The van der Waals surface area contributed by atoms with Gasteiger partial charge in [0.25, 0.3) is 0 Å². The predicted molar refractivity (Wildman–Crippen MR) is 91.9 cm³/mol. The van der Waals surface area contributed by atoms with Crippen molar-refractivity contribution in [2.75, 3.05) is 0 Å². The molecule has 2 aromatic carbocycles. The lowest BCUT2D eigenvalue weighted by Crippen LogP contribution is -2.08. The molecule has 7 heteroatoms.